The Morgan fingerprint density at radius 3 is 2.68 bits per heavy atom. The molecule has 130 valence electrons. The van der Waals surface area contributed by atoms with Crippen molar-refractivity contribution in [2.24, 2.45) is 0 Å². The van der Waals surface area contributed by atoms with Crippen LogP contribution in [0, 0.1) is 0 Å². The molecule has 1 amide bonds. The molecule has 0 spiro atoms. The third-order valence-electron chi connectivity index (χ3n) is 5.60. The number of rotatable bonds is 3. The number of ether oxygens (including phenoxy) is 2. The Morgan fingerprint density at radius 2 is 1.92 bits per heavy atom. The van der Waals surface area contributed by atoms with Gasteiger partial charge in [-0.2, -0.15) is 0 Å². The number of amides is 1. The first-order valence-electron chi connectivity index (χ1n) is 8.83. The highest BCUT2D eigenvalue weighted by Crippen LogP contribution is 2.41. The molecule has 0 radical (unpaired) electrons. The largest absolute Gasteiger partial charge is 0.454 e. The quantitative estimate of drug-likeness (QED) is 0.854. The van der Waals surface area contributed by atoms with Gasteiger partial charge < -0.3 is 14.4 Å². The molecule has 7 heteroatoms. The van der Waals surface area contributed by atoms with Gasteiger partial charge in [-0.05, 0) is 43.4 Å². The smallest absolute Gasteiger partial charge is 0.231 e. The van der Waals surface area contributed by atoms with E-state index in [2.05, 4.69) is 15.2 Å². The van der Waals surface area contributed by atoms with Crippen LogP contribution in [0.15, 0.2) is 30.6 Å². The van der Waals surface area contributed by atoms with E-state index < -0.39 is 0 Å². The van der Waals surface area contributed by atoms with E-state index >= 15 is 0 Å². The maximum atomic E-state index is 12.9. The average Bonchev–Trinajstić information content (AvgIpc) is 3.34. The third kappa shape index (κ3) is 2.54. The lowest BCUT2D eigenvalue weighted by Crippen LogP contribution is -2.47. The van der Waals surface area contributed by atoms with Crippen LogP contribution in [0.3, 0.4) is 0 Å². The normalized spacial score (nSPS) is 26.9. The third-order valence-corrected chi connectivity index (χ3v) is 5.60. The number of carbonyl (C=O) groups is 1. The van der Waals surface area contributed by atoms with E-state index in [0.29, 0.717) is 24.5 Å². The van der Waals surface area contributed by atoms with Crippen molar-refractivity contribution in [3.8, 4) is 11.5 Å². The summed E-state index contributed by atoms with van der Waals surface area (Å²) in [5.74, 6) is 1.70. The first-order valence-corrected chi connectivity index (χ1v) is 8.83. The van der Waals surface area contributed by atoms with Crippen LogP contribution >= 0.6 is 0 Å². The molecule has 0 N–H and O–H groups in total. The van der Waals surface area contributed by atoms with Crippen LogP contribution < -0.4 is 9.47 Å². The van der Waals surface area contributed by atoms with Gasteiger partial charge in [0.05, 0.1) is 18.7 Å². The van der Waals surface area contributed by atoms with Crippen LogP contribution in [0.2, 0.25) is 0 Å². The lowest BCUT2D eigenvalue weighted by atomic mass is 9.96. The number of hydrogen-bond acceptors (Lipinski definition) is 5. The van der Waals surface area contributed by atoms with Gasteiger partial charge in [-0.25, -0.2) is 4.68 Å². The zero-order valence-electron chi connectivity index (χ0n) is 13.9. The highest BCUT2D eigenvalue weighted by atomic mass is 16.7. The van der Waals surface area contributed by atoms with E-state index in [4.69, 9.17) is 9.47 Å². The fraction of sp³-hybridized carbons (Fsp3) is 0.500. The molecule has 4 heterocycles. The van der Waals surface area contributed by atoms with Gasteiger partial charge in [-0.15, -0.1) is 5.10 Å². The SMILES string of the molecule is O=C(Cc1ccc2c(c1)OCO2)N1C2CCC1CC(n1ccnn1)C2. The molecule has 0 aliphatic carbocycles. The minimum absolute atomic E-state index is 0.211. The van der Waals surface area contributed by atoms with Crippen LogP contribution in [0.25, 0.3) is 0 Å². The molecule has 2 saturated heterocycles. The highest BCUT2D eigenvalue weighted by Gasteiger charge is 2.43. The van der Waals surface area contributed by atoms with Crippen molar-refractivity contribution >= 4 is 5.91 Å². The molecular formula is C18H20N4O3. The molecular weight excluding hydrogens is 320 g/mol. The van der Waals surface area contributed by atoms with Gasteiger partial charge in [0.2, 0.25) is 12.7 Å². The second-order valence-electron chi connectivity index (χ2n) is 7.06. The molecule has 0 saturated carbocycles. The van der Waals surface area contributed by atoms with Crippen molar-refractivity contribution in [1.29, 1.82) is 0 Å². The molecule has 2 fully saturated rings. The van der Waals surface area contributed by atoms with Gasteiger partial charge >= 0.3 is 0 Å². The van der Waals surface area contributed by atoms with E-state index in [-0.39, 0.29) is 12.7 Å². The van der Waals surface area contributed by atoms with E-state index in [1.165, 1.54) is 0 Å². The molecule has 2 aromatic rings. The second-order valence-corrected chi connectivity index (χ2v) is 7.06. The minimum atomic E-state index is 0.211. The number of aromatic nitrogens is 3. The summed E-state index contributed by atoms with van der Waals surface area (Å²) < 4.78 is 12.7. The van der Waals surface area contributed by atoms with Gasteiger partial charge in [0, 0.05) is 18.3 Å². The van der Waals surface area contributed by atoms with Gasteiger partial charge in [-0.1, -0.05) is 11.3 Å². The molecule has 2 bridgehead atoms. The van der Waals surface area contributed by atoms with Gasteiger partial charge in [-0.3, -0.25) is 4.79 Å². The number of benzene rings is 1. The Hall–Kier alpha value is -2.57. The lowest BCUT2D eigenvalue weighted by molar-refractivity contribution is -0.135. The maximum absolute atomic E-state index is 12.9. The van der Waals surface area contributed by atoms with Crippen molar-refractivity contribution in [1.82, 2.24) is 19.9 Å². The number of piperidine rings is 1. The molecule has 25 heavy (non-hydrogen) atoms. The Labute approximate surface area is 145 Å². The summed E-state index contributed by atoms with van der Waals surface area (Å²) in [6.07, 6.45) is 8.16. The summed E-state index contributed by atoms with van der Waals surface area (Å²) in [5, 5.41) is 8.06. The summed E-state index contributed by atoms with van der Waals surface area (Å²) in [6.45, 7) is 0.257. The fourth-order valence-electron chi connectivity index (χ4n) is 4.50. The molecule has 5 rings (SSSR count). The highest BCUT2D eigenvalue weighted by molar-refractivity contribution is 5.80. The summed E-state index contributed by atoms with van der Waals surface area (Å²) in [4.78, 5) is 15.1. The summed E-state index contributed by atoms with van der Waals surface area (Å²) in [5.41, 5.74) is 0.979. The van der Waals surface area contributed by atoms with Crippen molar-refractivity contribution in [2.75, 3.05) is 6.79 Å². The van der Waals surface area contributed by atoms with E-state index in [0.717, 1.165) is 42.7 Å². The number of nitrogens with zero attached hydrogens (tertiary/aromatic N) is 4. The lowest BCUT2D eigenvalue weighted by Gasteiger charge is -2.39. The Morgan fingerprint density at radius 1 is 1.12 bits per heavy atom. The zero-order chi connectivity index (χ0) is 16.8. The Kier molecular flexibility index (Phi) is 3.39. The van der Waals surface area contributed by atoms with Crippen molar-refractivity contribution in [3.63, 3.8) is 0 Å². The number of fused-ring (bicyclic) bond motifs is 3. The standard InChI is InChI=1S/C18H20N4O3/c23-18(8-12-1-4-16-17(7-12)25-11-24-16)22-13-2-3-14(22)10-15(9-13)21-6-5-19-20-21/h1,4-7,13-15H,2-3,8-11H2. The molecule has 3 aliphatic rings. The Balaban J connectivity index is 1.30. The van der Waals surface area contributed by atoms with Crippen LogP contribution in [0.4, 0.5) is 0 Å². The van der Waals surface area contributed by atoms with E-state index in [1.54, 1.807) is 6.20 Å². The summed E-state index contributed by atoms with van der Waals surface area (Å²) >= 11 is 0. The molecule has 2 atom stereocenters. The molecule has 3 aliphatic heterocycles. The van der Waals surface area contributed by atoms with Gasteiger partial charge in [0.25, 0.3) is 0 Å². The first kappa shape index (κ1) is 14.7. The van der Waals surface area contributed by atoms with Gasteiger partial charge in [0.1, 0.15) is 0 Å². The first-order chi connectivity index (χ1) is 12.3. The zero-order valence-corrected chi connectivity index (χ0v) is 13.9. The van der Waals surface area contributed by atoms with Crippen molar-refractivity contribution < 1.29 is 14.3 Å². The predicted molar refractivity (Wildman–Crippen MR) is 88.2 cm³/mol. The fourth-order valence-corrected chi connectivity index (χ4v) is 4.50. The van der Waals surface area contributed by atoms with Crippen LogP contribution in [0.1, 0.15) is 37.3 Å². The number of carbonyl (C=O) groups excluding carboxylic acids is 1. The average molecular weight is 340 g/mol. The topological polar surface area (TPSA) is 69.5 Å². The summed E-state index contributed by atoms with van der Waals surface area (Å²) in [7, 11) is 0. The molecule has 2 unspecified atom stereocenters. The predicted octanol–water partition coefficient (Wildman–Crippen LogP) is 1.94. The van der Waals surface area contributed by atoms with E-state index in [9.17, 15) is 4.79 Å². The molecule has 1 aromatic carbocycles. The minimum Gasteiger partial charge on any atom is -0.454 e. The van der Waals surface area contributed by atoms with E-state index in [1.807, 2.05) is 29.1 Å². The second kappa shape index (κ2) is 5.75. The maximum Gasteiger partial charge on any atom is 0.231 e. The van der Waals surface area contributed by atoms with Crippen LogP contribution in [0.5, 0.6) is 11.5 Å². The summed E-state index contributed by atoms with van der Waals surface area (Å²) in [6, 6.07) is 6.74. The molecule has 1 aromatic heterocycles. The van der Waals surface area contributed by atoms with Gasteiger partial charge in [0.15, 0.2) is 11.5 Å². The number of hydrogen-bond donors (Lipinski definition) is 0. The van der Waals surface area contributed by atoms with Crippen LogP contribution in [-0.2, 0) is 11.2 Å². The van der Waals surface area contributed by atoms with Crippen LogP contribution in [-0.4, -0.2) is 44.7 Å². The van der Waals surface area contributed by atoms with Crippen molar-refractivity contribution in [2.45, 2.75) is 50.2 Å². The Bertz CT molecular complexity index is 778. The monoisotopic (exact) mass is 340 g/mol. The molecule has 7 nitrogen and oxygen atoms in total. The van der Waals surface area contributed by atoms with Crippen molar-refractivity contribution in [3.05, 3.63) is 36.2 Å².